The molecule has 5 N–H and O–H groups in total. The van der Waals surface area contributed by atoms with Crippen molar-refractivity contribution in [1.29, 1.82) is 0 Å². The first-order valence-corrected chi connectivity index (χ1v) is 12.4. The molecule has 4 amide bonds. The van der Waals surface area contributed by atoms with Crippen LogP contribution in [0.1, 0.15) is 46.4 Å². The van der Waals surface area contributed by atoms with E-state index in [1.54, 1.807) is 23.5 Å². The van der Waals surface area contributed by atoms with E-state index >= 15 is 0 Å². The monoisotopic (exact) mass is 554 g/mol. The minimum atomic E-state index is -2.32. The number of nitrogens with one attached hydrogen (secondary N) is 2. The van der Waals surface area contributed by atoms with E-state index in [0.29, 0.717) is 10.3 Å². The van der Waals surface area contributed by atoms with Gasteiger partial charge in [-0.25, -0.2) is 9.59 Å². The van der Waals surface area contributed by atoms with Crippen LogP contribution in [-0.2, 0) is 24.0 Å². The van der Waals surface area contributed by atoms with Crippen molar-refractivity contribution in [2.45, 2.75) is 37.8 Å². The standard InChI is InChI=1S/C26H26N4O10/c31-18(28-21(26(39)40)22(34)27-16(25(37)38)11-19(32)33)12-30-23(35)14-6-4-5-13-17(29-9-2-1-3-10-29)8-7-15(20(13)14)24(30)36/h4-8,16,21H,1-3,9-12H2,(H,27,34)(H,28,31)(H,32,33)(H,37,38)(H,39,40)/t16-,21+/m0/s1. The largest absolute Gasteiger partial charge is 0.481 e. The van der Waals surface area contributed by atoms with Gasteiger partial charge >= 0.3 is 17.9 Å². The Morgan fingerprint density at radius 1 is 0.825 bits per heavy atom. The minimum absolute atomic E-state index is 0.184. The van der Waals surface area contributed by atoms with Crippen molar-refractivity contribution in [3.05, 3.63) is 41.5 Å². The average molecular weight is 555 g/mol. The Hall–Kier alpha value is -5.01. The first-order chi connectivity index (χ1) is 19.0. The summed E-state index contributed by atoms with van der Waals surface area (Å²) < 4.78 is 0. The van der Waals surface area contributed by atoms with Crippen LogP contribution in [0.4, 0.5) is 5.69 Å². The van der Waals surface area contributed by atoms with Gasteiger partial charge in [-0.05, 0) is 37.5 Å². The molecule has 2 aromatic rings. The third-order valence-corrected chi connectivity index (χ3v) is 6.78. The van der Waals surface area contributed by atoms with Crippen LogP contribution in [0.5, 0.6) is 0 Å². The Bertz CT molecular complexity index is 1410. The molecule has 210 valence electrons. The highest BCUT2D eigenvalue weighted by Crippen LogP contribution is 2.36. The number of aliphatic carboxylic acids is 3. The molecule has 1 fully saturated rings. The molecule has 2 atom stereocenters. The van der Waals surface area contributed by atoms with Crippen molar-refractivity contribution in [2.75, 3.05) is 24.5 Å². The molecule has 14 nitrogen and oxygen atoms in total. The Labute approximate surface area is 226 Å². The van der Waals surface area contributed by atoms with Crippen molar-refractivity contribution >= 4 is 58.0 Å². The Morgan fingerprint density at radius 3 is 2.08 bits per heavy atom. The summed E-state index contributed by atoms with van der Waals surface area (Å²) in [6.07, 6.45) is 2.13. The molecule has 4 rings (SSSR count). The maximum atomic E-state index is 13.3. The number of carboxylic acids is 3. The average Bonchev–Trinajstić information content (AvgIpc) is 2.91. The third kappa shape index (κ3) is 5.55. The number of imide groups is 1. The summed E-state index contributed by atoms with van der Waals surface area (Å²) in [6.45, 7) is 0.763. The molecule has 0 unspecified atom stereocenters. The lowest BCUT2D eigenvalue weighted by molar-refractivity contribution is -0.150. The van der Waals surface area contributed by atoms with Crippen molar-refractivity contribution in [2.24, 2.45) is 0 Å². The van der Waals surface area contributed by atoms with Crippen molar-refractivity contribution < 1.29 is 48.9 Å². The lowest BCUT2D eigenvalue weighted by atomic mass is 9.92. The molecule has 0 radical (unpaired) electrons. The van der Waals surface area contributed by atoms with E-state index in [0.717, 1.165) is 43.4 Å². The number of amides is 4. The Morgan fingerprint density at radius 2 is 1.48 bits per heavy atom. The fourth-order valence-corrected chi connectivity index (χ4v) is 4.90. The van der Waals surface area contributed by atoms with E-state index in [9.17, 15) is 38.7 Å². The van der Waals surface area contributed by atoms with Crippen LogP contribution in [0.3, 0.4) is 0 Å². The highest BCUT2D eigenvalue weighted by Gasteiger charge is 2.37. The Balaban J connectivity index is 1.54. The molecule has 2 heterocycles. The number of carboxylic acid groups (broad SMARTS) is 3. The first kappa shape index (κ1) is 28.0. The van der Waals surface area contributed by atoms with Crippen molar-refractivity contribution in [1.82, 2.24) is 15.5 Å². The molecule has 0 saturated carbocycles. The zero-order valence-corrected chi connectivity index (χ0v) is 21.1. The highest BCUT2D eigenvalue weighted by molar-refractivity contribution is 6.27. The van der Waals surface area contributed by atoms with E-state index in [4.69, 9.17) is 10.2 Å². The van der Waals surface area contributed by atoms with Gasteiger partial charge in [-0.1, -0.05) is 12.1 Å². The van der Waals surface area contributed by atoms with Gasteiger partial charge in [0.15, 0.2) is 0 Å². The van der Waals surface area contributed by atoms with Gasteiger partial charge in [0.2, 0.25) is 11.9 Å². The smallest absolute Gasteiger partial charge is 0.336 e. The predicted octanol–water partition coefficient (Wildman–Crippen LogP) is 0.0396. The van der Waals surface area contributed by atoms with Gasteiger partial charge in [0.1, 0.15) is 12.6 Å². The number of nitrogens with zero attached hydrogens (tertiary/aromatic N) is 2. The Kier molecular flexibility index (Phi) is 7.98. The molecule has 0 bridgehead atoms. The predicted molar refractivity (Wildman–Crippen MR) is 137 cm³/mol. The number of anilines is 1. The van der Waals surface area contributed by atoms with Gasteiger partial charge in [-0.15, -0.1) is 0 Å². The number of rotatable bonds is 10. The van der Waals surface area contributed by atoms with Crippen LogP contribution < -0.4 is 15.5 Å². The fourth-order valence-electron chi connectivity index (χ4n) is 4.90. The summed E-state index contributed by atoms with van der Waals surface area (Å²) in [7, 11) is 0. The van der Waals surface area contributed by atoms with E-state index in [-0.39, 0.29) is 11.1 Å². The summed E-state index contributed by atoms with van der Waals surface area (Å²) in [5.74, 6) is -9.41. The molecule has 2 aliphatic rings. The maximum absolute atomic E-state index is 13.3. The lowest BCUT2D eigenvalue weighted by Gasteiger charge is -2.32. The molecule has 0 aromatic heterocycles. The highest BCUT2D eigenvalue weighted by atomic mass is 16.4. The zero-order chi connectivity index (χ0) is 29.1. The van der Waals surface area contributed by atoms with Crippen LogP contribution in [0, 0.1) is 0 Å². The van der Waals surface area contributed by atoms with Crippen LogP contribution >= 0.6 is 0 Å². The van der Waals surface area contributed by atoms with E-state index in [1.165, 1.54) is 6.07 Å². The molecule has 1 saturated heterocycles. The number of carbonyl (C=O) groups excluding carboxylic acids is 4. The molecule has 2 aliphatic heterocycles. The quantitative estimate of drug-likeness (QED) is 0.195. The fraction of sp³-hybridized carbons (Fsp3) is 0.346. The summed E-state index contributed by atoms with van der Waals surface area (Å²) in [5.41, 5.74) is 1.26. The number of hydrogen-bond donors (Lipinski definition) is 5. The van der Waals surface area contributed by atoms with E-state index in [2.05, 4.69) is 4.90 Å². The lowest BCUT2D eigenvalue weighted by Crippen LogP contribution is -2.57. The molecule has 2 aromatic carbocycles. The SMILES string of the molecule is O=C(O)C[C@H](NC(=O)[C@@H](NC(=O)CN1C(=O)c2cccc3c(N4CCCCC4)ccc(c23)C1=O)C(=O)O)C(=O)O. The number of carbonyl (C=O) groups is 7. The minimum Gasteiger partial charge on any atom is -0.481 e. The van der Waals surface area contributed by atoms with Gasteiger partial charge in [0.05, 0.1) is 6.42 Å². The van der Waals surface area contributed by atoms with Gasteiger partial charge in [0.25, 0.3) is 17.7 Å². The second-order valence-electron chi connectivity index (χ2n) is 9.44. The van der Waals surface area contributed by atoms with Crippen LogP contribution in [-0.4, -0.2) is 93.5 Å². The zero-order valence-electron chi connectivity index (χ0n) is 21.1. The number of hydrogen-bond acceptors (Lipinski definition) is 8. The summed E-state index contributed by atoms with van der Waals surface area (Å²) in [6, 6.07) is 4.10. The normalized spacial score (nSPS) is 16.3. The van der Waals surface area contributed by atoms with Crippen LogP contribution in [0.15, 0.2) is 30.3 Å². The number of piperidine rings is 1. The van der Waals surface area contributed by atoms with Gasteiger partial charge in [-0.3, -0.25) is 28.9 Å². The van der Waals surface area contributed by atoms with Gasteiger partial charge in [0, 0.05) is 40.7 Å². The van der Waals surface area contributed by atoms with Crippen LogP contribution in [0.2, 0.25) is 0 Å². The summed E-state index contributed by atoms with van der Waals surface area (Å²) in [5, 5.41) is 32.1. The first-order valence-electron chi connectivity index (χ1n) is 12.4. The molecule has 0 spiro atoms. The third-order valence-electron chi connectivity index (χ3n) is 6.78. The van der Waals surface area contributed by atoms with E-state index < -0.39 is 66.6 Å². The molecule has 40 heavy (non-hydrogen) atoms. The van der Waals surface area contributed by atoms with Gasteiger partial charge < -0.3 is 30.9 Å². The molecular formula is C26H26N4O10. The summed E-state index contributed by atoms with van der Waals surface area (Å²) >= 11 is 0. The maximum Gasteiger partial charge on any atom is 0.336 e. The van der Waals surface area contributed by atoms with Crippen molar-refractivity contribution in [3.63, 3.8) is 0 Å². The van der Waals surface area contributed by atoms with Crippen molar-refractivity contribution in [3.8, 4) is 0 Å². The molecule has 0 aliphatic carbocycles. The second-order valence-corrected chi connectivity index (χ2v) is 9.44. The molecular weight excluding hydrogens is 528 g/mol. The topological polar surface area (TPSA) is 211 Å². The second kappa shape index (κ2) is 11.4. The summed E-state index contributed by atoms with van der Waals surface area (Å²) in [4.78, 5) is 88.2. The molecule has 14 heteroatoms. The van der Waals surface area contributed by atoms with E-state index in [1.807, 2.05) is 11.4 Å². The number of benzene rings is 2. The van der Waals surface area contributed by atoms with Gasteiger partial charge in [-0.2, -0.15) is 0 Å². The van der Waals surface area contributed by atoms with Crippen LogP contribution in [0.25, 0.3) is 10.8 Å².